The number of aliphatic carboxylic acids is 1. The van der Waals surface area contributed by atoms with E-state index in [4.69, 9.17) is 5.11 Å². The molecule has 5 nitrogen and oxygen atoms in total. The number of carboxylic acids is 1. The summed E-state index contributed by atoms with van der Waals surface area (Å²) in [5, 5.41) is 9.05. The van der Waals surface area contributed by atoms with Crippen molar-refractivity contribution < 1.29 is 18.3 Å². The lowest BCUT2D eigenvalue weighted by Crippen LogP contribution is -2.41. The second-order valence-electron chi connectivity index (χ2n) is 6.17. The van der Waals surface area contributed by atoms with Crippen LogP contribution in [0.3, 0.4) is 0 Å². The highest BCUT2D eigenvalue weighted by molar-refractivity contribution is 7.89. The van der Waals surface area contributed by atoms with Crippen LogP contribution in [0.5, 0.6) is 0 Å². The lowest BCUT2D eigenvalue weighted by Gasteiger charge is -2.24. The molecule has 0 heterocycles. The van der Waals surface area contributed by atoms with Gasteiger partial charge in [0.1, 0.15) is 0 Å². The lowest BCUT2D eigenvalue weighted by molar-refractivity contribution is -0.147. The van der Waals surface area contributed by atoms with Gasteiger partial charge in [0.05, 0.1) is 11.2 Å². The number of nitrogens with one attached hydrogen (secondary N) is 1. The maximum Gasteiger partial charge on any atom is 0.310 e. The molecule has 0 rings (SSSR count). The van der Waals surface area contributed by atoms with Gasteiger partial charge in [0, 0.05) is 6.54 Å². The maximum absolute atomic E-state index is 11.8. The minimum absolute atomic E-state index is 0.0237. The van der Waals surface area contributed by atoms with Crippen LogP contribution in [0.4, 0.5) is 0 Å². The van der Waals surface area contributed by atoms with Crippen LogP contribution >= 0.6 is 0 Å². The topological polar surface area (TPSA) is 83.5 Å². The zero-order valence-corrected chi connectivity index (χ0v) is 12.7. The molecule has 18 heavy (non-hydrogen) atoms. The molecule has 0 aliphatic heterocycles. The molecule has 0 spiro atoms. The zero-order chi connectivity index (χ0) is 14.6. The summed E-state index contributed by atoms with van der Waals surface area (Å²) in [6, 6.07) is 0. The second kappa shape index (κ2) is 6.02. The highest BCUT2D eigenvalue weighted by atomic mass is 32.2. The summed E-state index contributed by atoms with van der Waals surface area (Å²) in [6.45, 7) is 9.12. The molecule has 2 N–H and O–H groups in total. The third-order valence-corrected chi connectivity index (χ3v) is 4.43. The summed E-state index contributed by atoms with van der Waals surface area (Å²) in [5.74, 6) is -0.959. The third kappa shape index (κ3) is 6.35. The quantitative estimate of drug-likeness (QED) is 0.745. The Morgan fingerprint density at radius 2 is 1.72 bits per heavy atom. The van der Waals surface area contributed by atoms with E-state index in [0.717, 1.165) is 0 Å². The fraction of sp³-hybridized carbons (Fsp3) is 0.917. The molecule has 1 unspecified atom stereocenters. The van der Waals surface area contributed by atoms with Gasteiger partial charge < -0.3 is 5.11 Å². The van der Waals surface area contributed by atoms with Gasteiger partial charge in [-0.15, -0.1) is 0 Å². The number of rotatable bonds is 7. The zero-order valence-electron chi connectivity index (χ0n) is 11.9. The van der Waals surface area contributed by atoms with Crippen molar-refractivity contribution in [2.24, 2.45) is 10.8 Å². The van der Waals surface area contributed by atoms with Crippen LogP contribution in [-0.4, -0.2) is 31.8 Å². The number of hydrogen-bond acceptors (Lipinski definition) is 3. The van der Waals surface area contributed by atoms with E-state index in [-0.39, 0.29) is 17.7 Å². The fourth-order valence-electron chi connectivity index (χ4n) is 1.13. The monoisotopic (exact) mass is 279 g/mol. The van der Waals surface area contributed by atoms with Gasteiger partial charge in [0.25, 0.3) is 0 Å². The van der Waals surface area contributed by atoms with Crippen LogP contribution in [-0.2, 0) is 14.8 Å². The summed E-state index contributed by atoms with van der Waals surface area (Å²) >= 11 is 0. The minimum Gasteiger partial charge on any atom is -0.481 e. The highest BCUT2D eigenvalue weighted by Gasteiger charge is 2.32. The van der Waals surface area contributed by atoms with Gasteiger partial charge in [-0.3, -0.25) is 4.79 Å². The number of carbonyl (C=O) groups is 1. The summed E-state index contributed by atoms with van der Waals surface area (Å²) in [4.78, 5) is 11.1. The van der Waals surface area contributed by atoms with Crippen molar-refractivity contribution in [2.45, 2.75) is 47.5 Å². The Labute approximate surface area is 110 Å². The summed E-state index contributed by atoms with van der Waals surface area (Å²) in [5.41, 5.74) is -1.11. The second-order valence-corrected chi connectivity index (χ2v) is 8.10. The average molecular weight is 279 g/mol. The van der Waals surface area contributed by atoms with E-state index in [1.54, 1.807) is 13.8 Å². The van der Waals surface area contributed by atoms with Crippen LogP contribution in [0.15, 0.2) is 0 Å². The van der Waals surface area contributed by atoms with Crippen LogP contribution in [0.2, 0.25) is 0 Å². The van der Waals surface area contributed by atoms with E-state index in [0.29, 0.717) is 12.8 Å². The predicted octanol–water partition coefficient (Wildman–Crippen LogP) is 1.84. The van der Waals surface area contributed by atoms with E-state index in [9.17, 15) is 13.2 Å². The molecular formula is C12H25NO4S. The largest absolute Gasteiger partial charge is 0.481 e. The van der Waals surface area contributed by atoms with Crippen LogP contribution in [0.25, 0.3) is 0 Å². The van der Waals surface area contributed by atoms with Crippen LogP contribution in [0.1, 0.15) is 47.5 Å². The van der Waals surface area contributed by atoms with Crippen molar-refractivity contribution in [1.29, 1.82) is 0 Å². The van der Waals surface area contributed by atoms with Crippen LogP contribution in [0, 0.1) is 10.8 Å². The Balaban J connectivity index is 4.48. The Kier molecular flexibility index (Phi) is 5.81. The third-order valence-electron chi connectivity index (χ3n) is 3.10. The normalized spacial score (nSPS) is 16.3. The van der Waals surface area contributed by atoms with E-state index < -0.39 is 21.4 Å². The molecule has 0 aromatic carbocycles. The first-order chi connectivity index (χ1) is 7.92. The molecule has 0 radical (unpaired) electrons. The summed E-state index contributed by atoms with van der Waals surface area (Å²) in [7, 11) is -3.40. The fourth-order valence-corrected chi connectivity index (χ4v) is 2.70. The smallest absolute Gasteiger partial charge is 0.310 e. The van der Waals surface area contributed by atoms with Crippen molar-refractivity contribution in [3.05, 3.63) is 0 Å². The molecule has 108 valence electrons. The van der Waals surface area contributed by atoms with Gasteiger partial charge in [-0.05, 0) is 25.2 Å². The molecule has 0 saturated heterocycles. The van der Waals surface area contributed by atoms with Crippen molar-refractivity contribution in [2.75, 3.05) is 12.3 Å². The first-order valence-corrected chi connectivity index (χ1v) is 7.78. The van der Waals surface area contributed by atoms with E-state index in [1.165, 1.54) is 0 Å². The van der Waals surface area contributed by atoms with Gasteiger partial charge in [0.15, 0.2) is 0 Å². The highest BCUT2D eigenvalue weighted by Crippen LogP contribution is 2.21. The van der Waals surface area contributed by atoms with E-state index >= 15 is 0 Å². The molecule has 0 saturated carbocycles. The average Bonchev–Trinajstić information content (AvgIpc) is 2.22. The predicted molar refractivity (Wildman–Crippen MR) is 71.9 cm³/mol. The van der Waals surface area contributed by atoms with Gasteiger partial charge >= 0.3 is 5.97 Å². The molecule has 0 aromatic rings. The van der Waals surface area contributed by atoms with Crippen molar-refractivity contribution in [1.82, 2.24) is 4.72 Å². The molecule has 0 aliphatic rings. The minimum atomic E-state index is -3.40. The van der Waals surface area contributed by atoms with Gasteiger partial charge in [0.2, 0.25) is 10.0 Å². The first-order valence-electron chi connectivity index (χ1n) is 6.13. The SMILES string of the molecule is CCC(C)(CNS(=O)(=O)CCC(C)(C)C)C(=O)O. The van der Waals surface area contributed by atoms with Gasteiger partial charge in [-0.25, -0.2) is 13.1 Å². The summed E-state index contributed by atoms with van der Waals surface area (Å²) < 4.78 is 25.9. The summed E-state index contributed by atoms with van der Waals surface area (Å²) in [6.07, 6.45) is 0.919. The number of hydrogen-bond donors (Lipinski definition) is 2. The van der Waals surface area contributed by atoms with E-state index in [2.05, 4.69) is 4.72 Å². The lowest BCUT2D eigenvalue weighted by atomic mass is 9.88. The standard InChI is InChI=1S/C12H25NO4S/c1-6-12(5,10(14)15)9-13-18(16,17)8-7-11(2,3)4/h13H,6-9H2,1-5H3,(H,14,15). The maximum atomic E-state index is 11.8. The molecule has 0 fully saturated rings. The molecular weight excluding hydrogens is 254 g/mol. The molecule has 0 bridgehead atoms. The van der Waals surface area contributed by atoms with Gasteiger partial charge in [-0.1, -0.05) is 27.7 Å². The van der Waals surface area contributed by atoms with Crippen molar-refractivity contribution in [3.63, 3.8) is 0 Å². The van der Waals surface area contributed by atoms with Crippen molar-refractivity contribution in [3.8, 4) is 0 Å². The molecule has 0 amide bonds. The van der Waals surface area contributed by atoms with Crippen molar-refractivity contribution >= 4 is 16.0 Å². The molecule has 0 aliphatic carbocycles. The molecule has 1 atom stereocenters. The Bertz CT molecular complexity index is 383. The number of carboxylic acid groups (broad SMARTS) is 1. The van der Waals surface area contributed by atoms with Crippen LogP contribution < -0.4 is 4.72 Å². The Morgan fingerprint density at radius 1 is 1.22 bits per heavy atom. The number of sulfonamides is 1. The Hall–Kier alpha value is -0.620. The molecule has 6 heteroatoms. The molecule has 0 aromatic heterocycles. The van der Waals surface area contributed by atoms with Gasteiger partial charge in [-0.2, -0.15) is 0 Å². The Morgan fingerprint density at radius 3 is 2.06 bits per heavy atom. The van der Waals surface area contributed by atoms with E-state index in [1.807, 2.05) is 20.8 Å². The first kappa shape index (κ1) is 17.4.